The summed E-state index contributed by atoms with van der Waals surface area (Å²) in [5.74, 6) is -1.69. The zero-order valence-corrected chi connectivity index (χ0v) is 17.9. The molecule has 0 bridgehead atoms. The first kappa shape index (κ1) is 21.8. The molecule has 1 aromatic heterocycles. The lowest BCUT2D eigenvalue weighted by molar-refractivity contribution is -0.139. The number of rotatable bonds is 7. The van der Waals surface area contributed by atoms with Gasteiger partial charge >= 0.3 is 11.8 Å². The Morgan fingerprint density at radius 2 is 1.90 bits per heavy atom. The van der Waals surface area contributed by atoms with Crippen LogP contribution in [-0.4, -0.2) is 46.0 Å². The Bertz CT molecular complexity index is 939. The molecule has 1 saturated heterocycles. The Morgan fingerprint density at radius 3 is 2.52 bits per heavy atom. The fourth-order valence-corrected chi connectivity index (χ4v) is 5.89. The molecule has 0 saturated carbocycles. The SMILES string of the molecule is O=C(NC[C@@H]1CCCO1)C(=O)NC[C@H](c1cccs1)S(=O)(=O)c1ccc(Cl)cc1. The lowest BCUT2D eigenvalue weighted by atomic mass is 10.2. The largest absolute Gasteiger partial charge is 0.376 e. The highest BCUT2D eigenvalue weighted by atomic mass is 35.5. The van der Waals surface area contributed by atoms with Crippen molar-refractivity contribution in [2.45, 2.75) is 29.1 Å². The summed E-state index contributed by atoms with van der Waals surface area (Å²) < 4.78 is 31.6. The number of benzene rings is 1. The van der Waals surface area contributed by atoms with Crippen molar-refractivity contribution in [2.75, 3.05) is 19.7 Å². The second kappa shape index (κ2) is 9.71. The fourth-order valence-electron chi connectivity index (χ4n) is 2.98. The van der Waals surface area contributed by atoms with Gasteiger partial charge in [-0.3, -0.25) is 9.59 Å². The standard InChI is InChI=1S/C19H21ClN2O5S2/c20-13-5-7-15(8-6-13)29(25,26)17(16-4-2-10-28-16)12-22-19(24)18(23)21-11-14-3-1-9-27-14/h2,4-8,10,14,17H,1,3,9,11-12H2,(H,21,23)(H,22,24)/t14-,17+/m0/s1. The molecule has 0 spiro atoms. The van der Waals surface area contributed by atoms with Gasteiger partial charge in [-0.1, -0.05) is 17.7 Å². The fraction of sp³-hybridized carbons (Fsp3) is 0.368. The van der Waals surface area contributed by atoms with E-state index in [0.29, 0.717) is 16.5 Å². The molecule has 1 aromatic carbocycles. The molecule has 1 aliphatic rings. The second-order valence-corrected chi connectivity index (χ2v) is 10.1. The van der Waals surface area contributed by atoms with E-state index in [0.717, 1.165) is 12.8 Å². The van der Waals surface area contributed by atoms with Crippen LogP contribution in [0.15, 0.2) is 46.7 Å². The van der Waals surface area contributed by atoms with Crippen molar-refractivity contribution in [3.63, 3.8) is 0 Å². The average molecular weight is 457 g/mol. The van der Waals surface area contributed by atoms with Crippen LogP contribution in [0.4, 0.5) is 0 Å². The van der Waals surface area contributed by atoms with E-state index in [-0.39, 0.29) is 24.1 Å². The van der Waals surface area contributed by atoms with Crippen LogP contribution in [0.5, 0.6) is 0 Å². The van der Waals surface area contributed by atoms with Gasteiger partial charge < -0.3 is 15.4 Å². The number of sulfone groups is 1. The van der Waals surface area contributed by atoms with E-state index in [4.69, 9.17) is 16.3 Å². The lowest BCUT2D eigenvalue weighted by Gasteiger charge is -2.17. The Morgan fingerprint density at radius 1 is 1.17 bits per heavy atom. The number of hydrogen-bond acceptors (Lipinski definition) is 6. The van der Waals surface area contributed by atoms with Crippen LogP contribution < -0.4 is 10.6 Å². The van der Waals surface area contributed by atoms with Gasteiger partial charge in [-0.2, -0.15) is 0 Å². The molecule has 1 aliphatic heterocycles. The number of amides is 2. The van der Waals surface area contributed by atoms with Crippen molar-refractivity contribution < 1.29 is 22.7 Å². The van der Waals surface area contributed by atoms with Crippen LogP contribution in [0.25, 0.3) is 0 Å². The minimum absolute atomic E-state index is 0.0871. The van der Waals surface area contributed by atoms with Crippen LogP contribution in [-0.2, 0) is 24.2 Å². The predicted molar refractivity (Wildman–Crippen MR) is 111 cm³/mol. The summed E-state index contributed by atoms with van der Waals surface area (Å²) in [6.07, 6.45) is 1.68. The van der Waals surface area contributed by atoms with Crippen LogP contribution in [0, 0.1) is 0 Å². The van der Waals surface area contributed by atoms with Gasteiger partial charge in [0.15, 0.2) is 9.84 Å². The molecule has 7 nitrogen and oxygen atoms in total. The predicted octanol–water partition coefficient (Wildman–Crippen LogP) is 2.33. The first-order chi connectivity index (χ1) is 13.9. The number of ether oxygens (including phenoxy) is 1. The van der Waals surface area contributed by atoms with Gasteiger partial charge in [0.05, 0.1) is 11.0 Å². The van der Waals surface area contributed by atoms with Crippen LogP contribution in [0.2, 0.25) is 5.02 Å². The maximum atomic E-state index is 13.1. The number of carbonyl (C=O) groups is 2. The minimum Gasteiger partial charge on any atom is -0.376 e. The van der Waals surface area contributed by atoms with Gasteiger partial charge in [0, 0.05) is 29.6 Å². The van der Waals surface area contributed by atoms with E-state index in [1.807, 2.05) is 0 Å². The zero-order chi connectivity index (χ0) is 20.9. The lowest BCUT2D eigenvalue weighted by Crippen LogP contribution is -2.44. The Kier molecular flexibility index (Phi) is 7.28. The molecule has 29 heavy (non-hydrogen) atoms. The topological polar surface area (TPSA) is 102 Å². The van der Waals surface area contributed by atoms with Gasteiger partial charge in [-0.25, -0.2) is 8.42 Å². The molecule has 0 radical (unpaired) electrons. The first-order valence-corrected chi connectivity index (χ1v) is 11.9. The highest BCUT2D eigenvalue weighted by Gasteiger charge is 2.31. The molecule has 10 heteroatoms. The quantitative estimate of drug-likeness (QED) is 0.622. The Labute approximate surface area is 178 Å². The molecule has 2 amide bonds. The normalized spacial score (nSPS) is 17.6. The third kappa shape index (κ3) is 5.57. The second-order valence-electron chi connectivity index (χ2n) is 6.56. The van der Waals surface area contributed by atoms with E-state index in [1.165, 1.54) is 35.6 Å². The van der Waals surface area contributed by atoms with Crippen LogP contribution in [0.1, 0.15) is 23.0 Å². The molecule has 1 fully saturated rings. The zero-order valence-electron chi connectivity index (χ0n) is 15.5. The molecule has 2 N–H and O–H groups in total. The molecule has 2 aromatic rings. The van der Waals surface area contributed by atoms with Gasteiger partial charge in [0.2, 0.25) is 0 Å². The van der Waals surface area contributed by atoms with Crippen molar-refractivity contribution in [3.8, 4) is 0 Å². The number of nitrogens with one attached hydrogen (secondary N) is 2. The molecular weight excluding hydrogens is 436 g/mol. The van der Waals surface area contributed by atoms with Gasteiger partial charge in [0.1, 0.15) is 5.25 Å². The maximum Gasteiger partial charge on any atom is 0.309 e. The van der Waals surface area contributed by atoms with Crippen molar-refractivity contribution in [3.05, 3.63) is 51.7 Å². The third-order valence-electron chi connectivity index (χ3n) is 4.55. The van der Waals surface area contributed by atoms with E-state index >= 15 is 0 Å². The molecule has 0 unspecified atom stereocenters. The Balaban J connectivity index is 1.67. The highest BCUT2D eigenvalue weighted by molar-refractivity contribution is 7.91. The third-order valence-corrected chi connectivity index (χ3v) is 8.03. The number of carbonyl (C=O) groups excluding carboxylic acids is 2. The molecule has 156 valence electrons. The summed E-state index contributed by atoms with van der Waals surface area (Å²) in [4.78, 5) is 24.8. The van der Waals surface area contributed by atoms with Gasteiger partial charge in [-0.15, -0.1) is 11.3 Å². The van der Waals surface area contributed by atoms with Crippen molar-refractivity contribution in [1.29, 1.82) is 0 Å². The average Bonchev–Trinajstić information content (AvgIpc) is 3.40. The van der Waals surface area contributed by atoms with E-state index in [1.54, 1.807) is 17.5 Å². The highest BCUT2D eigenvalue weighted by Crippen LogP contribution is 2.31. The molecule has 2 atom stereocenters. The molecule has 0 aliphatic carbocycles. The monoisotopic (exact) mass is 456 g/mol. The summed E-state index contributed by atoms with van der Waals surface area (Å²) in [7, 11) is -3.80. The van der Waals surface area contributed by atoms with Gasteiger partial charge in [-0.05, 0) is 48.6 Å². The molecule has 2 heterocycles. The first-order valence-electron chi connectivity index (χ1n) is 9.08. The number of thiophene rings is 1. The number of hydrogen-bond donors (Lipinski definition) is 2. The summed E-state index contributed by atoms with van der Waals surface area (Å²) in [6.45, 7) is 0.680. The van der Waals surface area contributed by atoms with Crippen molar-refractivity contribution in [1.82, 2.24) is 10.6 Å². The van der Waals surface area contributed by atoms with E-state index < -0.39 is 26.9 Å². The summed E-state index contributed by atoms with van der Waals surface area (Å²) in [5.41, 5.74) is 0. The molecule has 3 rings (SSSR count). The maximum absolute atomic E-state index is 13.1. The van der Waals surface area contributed by atoms with Crippen molar-refractivity contribution >= 4 is 44.6 Å². The Hall–Kier alpha value is -1.94. The van der Waals surface area contributed by atoms with E-state index in [2.05, 4.69) is 10.6 Å². The summed E-state index contributed by atoms with van der Waals surface area (Å²) >= 11 is 7.12. The molecular formula is C19H21ClN2O5S2. The van der Waals surface area contributed by atoms with E-state index in [9.17, 15) is 18.0 Å². The van der Waals surface area contributed by atoms with Gasteiger partial charge in [0.25, 0.3) is 0 Å². The van der Waals surface area contributed by atoms with Crippen molar-refractivity contribution in [2.24, 2.45) is 0 Å². The number of halogens is 1. The van der Waals surface area contributed by atoms with Crippen LogP contribution >= 0.6 is 22.9 Å². The minimum atomic E-state index is -3.80. The van der Waals surface area contributed by atoms with Crippen LogP contribution in [0.3, 0.4) is 0 Å². The summed E-state index contributed by atoms with van der Waals surface area (Å²) in [6, 6.07) is 9.27. The smallest absolute Gasteiger partial charge is 0.309 e. The summed E-state index contributed by atoms with van der Waals surface area (Å²) in [5, 5.41) is 6.13.